The number of carbonyl (C=O) groups is 1. The molecule has 0 fully saturated rings. The van der Waals surface area contributed by atoms with Crippen LogP contribution in [0.3, 0.4) is 0 Å². The summed E-state index contributed by atoms with van der Waals surface area (Å²) in [5.41, 5.74) is 4.70. The molecule has 0 saturated heterocycles. The molecule has 4 rings (SSSR count). The Kier molecular flexibility index (Phi) is 4.03. The van der Waals surface area contributed by atoms with Gasteiger partial charge in [-0.3, -0.25) is 14.2 Å². The molecule has 6 heteroatoms. The quantitative estimate of drug-likeness (QED) is 0.796. The smallest absolute Gasteiger partial charge is 0.222 e. The van der Waals surface area contributed by atoms with Crippen LogP contribution in [-0.2, 0) is 24.8 Å². The zero-order chi connectivity index (χ0) is 17.4. The van der Waals surface area contributed by atoms with Crippen molar-refractivity contribution in [3.63, 3.8) is 0 Å². The lowest BCUT2D eigenvalue weighted by molar-refractivity contribution is -0.122. The van der Waals surface area contributed by atoms with Crippen LogP contribution in [0.5, 0.6) is 0 Å². The molecule has 1 aliphatic rings. The first-order chi connectivity index (χ1) is 12.1. The Balaban J connectivity index is 1.42. The number of aryl methyl sites for hydroxylation is 3. The fourth-order valence-electron chi connectivity index (χ4n) is 3.76. The summed E-state index contributed by atoms with van der Waals surface area (Å²) in [6, 6.07) is 6.25. The highest BCUT2D eigenvalue weighted by molar-refractivity contribution is 5.82. The first-order valence-electron chi connectivity index (χ1n) is 8.85. The Labute approximate surface area is 146 Å². The van der Waals surface area contributed by atoms with Gasteiger partial charge in [0, 0.05) is 30.1 Å². The van der Waals surface area contributed by atoms with Crippen molar-refractivity contribution >= 4 is 16.8 Å². The van der Waals surface area contributed by atoms with Crippen molar-refractivity contribution in [2.24, 2.45) is 7.05 Å². The summed E-state index contributed by atoms with van der Waals surface area (Å²) in [6.45, 7) is 2.67. The molecular formula is C19H23N5O. The number of amides is 1. The third-order valence-corrected chi connectivity index (χ3v) is 5.17. The van der Waals surface area contributed by atoms with Gasteiger partial charge in [-0.15, -0.1) is 0 Å². The monoisotopic (exact) mass is 337 g/mol. The standard InChI is InChI=1S/C19H23N5O/c1-13-5-3-8-18-14(13)11-21-24(18)10-9-19(25)22-16-6-4-7-17-15(16)12-20-23(17)2/h3,5,8,11-12,16H,4,6-7,9-10H2,1-2H3,(H,22,25)/t16-/m0/s1. The van der Waals surface area contributed by atoms with E-state index in [9.17, 15) is 4.79 Å². The second-order valence-electron chi connectivity index (χ2n) is 6.81. The van der Waals surface area contributed by atoms with Crippen molar-refractivity contribution in [3.8, 4) is 0 Å². The number of nitrogens with zero attached hydrogens (tertiary/aromatic N) is 4. The Morgan fingerprint density at radius 3 is 3.08 bits per heavy atom. The zero-order valence-electron chi connectivity index (χ0n) is 14.7. The number of rotatable bonds is 4. The van der Waals surface area contributed by atoms with Gasteiger partial charge in [-0.1, -0.05) is 12.1 Å². The SMILES string of the molecule is Cc1cccc2c1cnn2CCC(=O)N[C@H]1CCCc2c1cnn2C. The van der Waals surface area contributed by atoms with Crippen LogP contribution in [0.4, 0.5) is 0 Å². The molecule has 130 valence electrons. The molecule has 0 unspecified atom stereocenters. The third-order valence-electron chi connectivity index (χ3n) is 5.17. The first kappa shape index (κ1) is 15.9. The van der Waals surface area contributed by atoms with Crippen molar-refractivity contribution in [3.05, 3.63) is 47.4 Å². The van der Waals surface area contributed by atoms with E-state index in [1.54, 1.807) is 0 Å². The van der Waals surface area contributed by atoms with Gasteiger partial charge in [0.05, 0.1) is 30.5 Å². The van der Waals surface area contributed by atoms with E-state index < -0.39 is 0 Å². The second kappa shape index (κ2) is 6.35. The first-order valence-corrected chi connectivity index (χ1v) is 8.85. The normalized spacial score (nSPS) is 16.8. The van der Waals surface area contributed by atoms with Crippen LogP contribution in [0.2, 0.25) is 0 Å². The van der Waals surface area contributed by atoms with E-state index in [2.05, 4.69) is 34.6 Å². The van der Waals surface area contributed by atoms with Crippen LogP contribution in [0, 0.1) is 6.92 Å². The molecule has 0 saturated carbocycles. The molecular weight excluding hydrogens is 314 g/mol. The number of benzene rings is 1. The number of nitrogens with one attached hydrogen (secondary N) is 1. The number of hydrogen-bond donors (Lipinski definition) is 1. The molecule has 6 nitrogen and oxygen atoms in total. The molecule has 2 heterocycles. The Morgan fingerprint density at radius 2 is 2.20 bits per heavy atom. The van der Waals surface area contributed by atoms with Gasteiger partial charge < -0.3 is 5.32 Å². The molecule has 25 heavy (non-hydrogen) atoms. The van der Waals surface area contributed by atoms with Gasteiger partial charge >= 0.3 is 0 Å². The summed E-state index contributed by atoms with van der Waals surface area (Å²) in [5.74, 6) is 0.0676. The van der Waals surface area contributed by atoms with Gasteiger partial charge in [0.1, 0.15) is 0 Å². The van der Waals surface area contributed by atoms with Crippen molar-refractivity contribution in [1.82, 2.24) is 24.9 Å². The molecule has 1 atom stereocenters. The highest BCUT2D eigenvalue weighted by atomic mass is 16.1. The predicted molar refractivity (Wildman–Crippen MR) is 96.1 cm³/mol. The van der Waals surface area contributed by atoms with Crippen LogP contribution >= 0.6 is 0 Å². The van der Waals surface area contributed by atoms with E-state index in [0.29, 0.717) is 13.0 Å². The topological polar surface area (TPSA) is 64.7 Å². The average Bonchev–Trinajstić information content (AvgIpc) is 3.19. The van der Waals surface area contributed by atoms with Crippen molar-refractivity contribution in [1.29, 1.82) is 0 Å². The molecule has 1 aliphatic carbocycles. The number of fused-ring (bicyclic) bond motifs is 2. The van der Waals surface area contributed by atoms with E-state index >= 15 is 0 Å². The number of aromatic nitrogens is 4. The lowest BCUT2D eigenvalue weighted by Crippen LogP contribution is -2.31. The molecule has 1 N–H and O–H groups in total. The van der Waals surface area contributed by atoms with E-state index in [-0.39, 0.29) is 11.9 Å². The van der Waals surface area contributed by atoms with Crippen LogP contribution < -0.4 is 5.32 Å². The van der Waals surface area contributed by atoms with E-state index in [1.165, 1.54) is 16.8 Å². The van der Waals surface area contributed by atoms with Gasteiger partial charge in [-0.2, -0.15) is 10.2 Å². The maximum Gasteiger partial charge on any atom is 0.222 e. The number of carbonyl (C=O) groups excluding carboxylic acids is 1. The molecule has 1 amide bonds. The highest BCUT2D eigenvalue weighted by Gasteiger charge is 2.24. The lowest BCUT2D eigenvalue weighted by Gasteiger charge is -2.23. The fraction of sp³-hybridized carbons (Fsp3) is 0.421. The van der Waals surface area contributed by atoms with E-state index in [0.717, 1.165) is 30.2 Å². The van der Waals surface area contributed by atoms with Crippen molar-refractivity contribution < 1.29 is 4.79 Å². The summed E-state index contributed by atoms with van der Waals surface area (Å²) in [7, 11) is 1.97. The molecule has 1 aromatic carbocycles. The largest absolute Gasteiger partial charge is 0.349 e. The minimum atomic E-state index is 0.0676. The lowest BCUT2D eigenvalue weighted by atomic mass is 9.93. The summed E-state index contributed by atoms with van der Waals surface area (Å²) >= 11 is 0. The van der Waals surface area contributed by atoms with Gasteiger partial charge in [-0.05, 0) is 37.8 Å². The Hall–Kier alpha value is -2.63. The maximum absolute atomic E-state index is 12.4. The van der Waals surface area contributed by atoms with Gasteiger partial charge in [0.15, 0.2) is 0 Å². The minimum Gasteiger partial charge on any atom is -0.349 e. The fourth-order valence-corrected chi connectivity index (χ4v) is 3.76. The second-order valence-corrected chi connectivity index (χ2v) is 6.81. The highest BCUT2D eigenvalue weighted by Crippen LogP contribution is 2.29. The minimum absolute atomic E-state index is 0.0676. The molecule has 0 radical (unpaired) electrons. The number of hydrogen-bond acceptors (Lipinski definition) is 3. The van der Waals surface area contributed by atoms with Crippen molar-refractivity contribution in [2.75, 3.05) is 0 Å². The van der Waals surface area contributed by atoms with Crippen LogP contribution in [0.1, 0.15) is 42.1 Å². The van der Waals surface area contributed by atoms with Crippen molar-refractivity contribution in [2.45, 2.75) is 45.2 Å². The summed E-state index contributed by atoms with van der Waals surface area (Å²) in [6.07, 6.45) is 7.30. The predicted octanol–water partition coefficient (Wildman–Crippen LogP) is 2.66. The summed E-state index contributed by atoms with van der Waals surface area (Å²) in [5, 5.41) is 13.1. The van der Waals surface area contributed by atoms with Gasteiger partial charge in [-0.25, -0.2) is 0 Å². The summed E-state index contributed by atoms with van der Waals surface area (Å²) in [4.78, 5) is 12.4. The van der Waals surface area contributed by atoms with Crippen LogP contribution in [-0.4, -0.2) is 25.5 Å². The molecule has 0 bridgehead atoms. The summed E-state index contributed by atoms with van der Waals surface area (Å²) < 4.78 is 3.84. The van der Waals surface area contributed by atoms with E-state index in [1.807, 2.05) is 34.9 Å². The van der Waals surface area contributed by atoms with Crippen LogP contribution in [0.15, 0.2) is 30.6 Å². The third kappa shape index (κ3) is 2.92. The Morgan fingerprint density at radius 1 is 1.32 bits per heavy atom. The zero-order valence-corrected chi connectivity index (χ0v) is 14.7. The molecule has 0 spiro atoms. The molecule has 0 aliphatic heterocycles. The van der Waals surface area contributed by atoms with Gasteiger partial charge in [0.25, 0.3) is 0 Å². The molecule has 2 aromatic heterocycles. The van der Waals surface area contributed by atoms with Gasteiger partial charge in [0.2, 0.25) is 5.91 Å². The van der Waals surface area contributed by atoms with E-state index in [4.69, 9.17) is 0 Å². The van der Waals surface area contributed by atoms with Crippen LogP contribution in [0.25, 0.3) is 10.9 Å². The Bertz CT molecular complexity index is 923. The average molecular weight is 337 g/mol. The molecule has 3 aromatic rings. The maximum atomic E-state index is 12.4.